The van der Waals surface area contributed by atoms with Crippen molar-refractivity contribution in [1.82, 2.24) is 29.4 Å². The number of carbonyl (C=O) groups excluding carboxylic acids is 1. The van der Waals surface area contributed by atoms with E-state index in [-0.39, 0.29) is 57.5 Å². The van der Waals surface area contributed by atoms with Gasteiger partial charge in [-0.05, 0) is 55.7 Å². The highest BCUT2D eigenvalue weighted by Crippen LogP contribution is 2.38. The van der Waals surface area contributed by atoms with Gasteiger partial charge in [-0.15, -0.1) is 11.8 Å². The van der Waals surface area contributed by atoms with Gasteiger partial charge in [0, 0.05) is 30.6 Å². The lowest BCUT2D eigenvalue weighted by Crippen LogP contribution is -2.54. The average molecular weight is 634 g/mol. The summed E-state index contributed by atoms with van der Waals surface area (Å²) in [5, 5.41) is 0.244. The summed E-state index contributed by atoms with van der Waals surface area (Å²) in [7, 11) is 0. The Morgan fingerprint density at radius 1 is 1.16 bits per heavy atom. The van der Waals surface area contributed by atoms with E-state index in [1.807, 2.05) is 25.7 Å². The van der Waals surface area contributed by atoms with Gasteiger partial charge in [0.1, 0.15) is 29.3 Å². The molecule has 1 fully saturated rings. The molecule has 0 N–H and O–H groups in total. The Kier molecular flexibility index (Phi) is 8.54. The van der Waals surface area contributed by atoms with Gasteiger partial charge in [0.25, 0.3) is 0 Å². The molecule has 2 bridgehead atoms. The number of ether oxygens (including phenoxy) is 1. The molecule has 0 radical (unpaired) electrons. The maximum Gasteiger partial charge on any atom is 0.356 e. The minimum atomic E-state index is -0.757. The molecule has 1 amide bonds. The van der Waals surface area contributed by atoms with Gasteiger partial charge in [0.2, 0.25) is 11.8 Å². The summed E-state index contributed by atoms with van der Waals surface area (Å²) in [6, 6.07) is 5.60. The summed E-state index contributed by atoms with van der Waals surface area (Å²) in [5.74, 6) is -0.676. The summed E-state index contributed by atoms with van der Waals surface area (Å²) < 4.78 is 39.2. The molecule has 1 saturated heterocycles. The first kappa shape index (κ1) is 30.6. The molecule has 3 aromatic heterocycles. The maximum atomic E-state index is 16.3. The van der Waals surface area contributed by atoms with Gasteiger partial charge in [-0.2, -0.15) is 9.97 Å². The highest BCUT2D eigenvalue weighted by atomic mass is 32.2. The third-order valence-electron chi connectivity index (χ3n) is 8.02. The molecule has 13 heteroatoms. The van der Waals surface area contributed by atoms with Crippen LogP contribution in [0, 0.1) is 11.6 Å². The lowest BCUT2D eigenvalue weighted by molar-refractivity contribution is -0.126. The van der Waals surface area contributed by atoms with Crippen LogP contribution in [0.25, 0.3) is 28.0 Å². The number of carbonyl (C=O) groups is 1. The van der Waals surface area contributed by atoms with E-state index in [0.29, 0.717) is 49.0 Å². The SMILES string of the molecule is C=CC(=O)N1CCN(c2nc(=O)n3c4nc(c(F)cc24)-c2c(F)cccc2SCCCCOc2ncnc(C(C)C)c2-3)[C@@H](C)C1. The Bertz CT molecular complexity index is 1870. The van der Waals surface area contributed by atoms with Crippen LogP contribution in [0.3, 0.4) is 0 Å². The van der Waals surface area contributed by atoms with E-state index in [0.717, 1.165) is 6.42 Å². The zero-order chi connectivity index (χ0) is 31.8. The van der Waals surface area contributed by atoms with E-state index in [4.69, 9.17) is 9.72 Å². The number of fused-ring (bicyclic) bond motifs is 5. The Labute approximate surface area is 263 Å². The van der Waals surface area contributed by atoms with Crippen molar-refractivity contribution in [3.8, 4) is 22.8 Å². The molecule has 4 aromatic rings. The van der Waals surface area contributed by atoms with Crippen molar-refractivity contribution in [3.05, 3.63) is 71.1 Å². The van der Waals surface area contributed by atoms with Crippen molar-refractivity contribution in [3.63, 3.8) is 0 Å². The largest absolute Gasteiger partial charge is 0.476 e. The van der Waals surface area contributed by atoms with Gasteiger partial charge in [-0.1, -0.05) is 26.5 Å². The molecular formula is C32H33F2N7O3S. The van der Waals surface area contributed by atoms with Crippen molar-refractivity contribution < 1.29 is 18.3 Å². The molecule has 0 saturated carbocycles. The number of hydrogen-bond acceptors (Lipinski definition) is 9. The number of aromatic nitrogens is 5. The quantitative estimate of drug-likeness (QED) is 0.284. The predicted molar refractivity (Wildman–Crippen MR) is 169 cm³/mol. The predicted octanol–water partition coefficient (Wildman–Crippen LogP) is 5.13. The van der Waals surface area contributed by atoms with Crippen LogP contribution in [-0.4, -0.2) is 73.3 Å². The first-order valence-corrected chi connectivity index (χ1v) is 15.9. The molecule has 5 heterocycles. The number of hydrogen-bond donors (Lipinski definition) is 0. The van der Waals surface area contributed by atoms with Crippen LogP contribution in [0.15, 0.2) is 52.9 Å². The van der Waals surface area contributed by atoms with Crippen LogP contribution in [0.5, 0.6) is 5.88 Å². The van der Waals surface area contributed by atoms with Gasteiger partial charge >= 0.3 is 5.69 Å². The van der Waals surface area contributed by atoms with Crippen LogP contribution in [0.1, 0.15) is 45.2 Å². The van der Waals surface area contributed by atoms with Crippen molar-refractivity contribution >= 4 is 34.5 Å². The zero-order valence-electron chi connectivity index (χ0n) is 25.3. The molecule has 0 spiro atoms. The van der Waals surface area contributed by atoms with Crippen molar-refractivity contribution in [2.24, 2.45) is 0 Å². The fourth-order valence-corrected chi connectivity index (χ4v) is 6.91. The number of pyridine rings is 1. The normalized spacial score (nSPS) is 17.1. The summed E-state index contributed by atoms with van der Waals surface area (Å²) >= 11 is 1.41. The topological polar surface area (TPSA) is 106 Å². The molecule has 2 aliphatic rings. The number of thioether (sulfide) groups is 1. The summed E-state index contributed by atoms with van der Waals surface area (Å²) in [6.07, 6.45) is 4.08. The Morgan fingerprint density at radius 3 is 2.73 bits per heavy atom. The van der Waals surface area contributed by atoms with E-state index < -0.39 is 17.3 Å². The molecule has 1 atom stereocenters. The minimum absolute atomic E-state index is 0.0334. The van der Waals surface area contributed by atoms with E-state index in [1.54, 1.807) is 17.0 Å². The molecule has 10 nitrogen and oxygen atoms in total. The van der Waals surface area contributed by atoms with E-state index in [1.165, 1.54) is 40.9 Å². The van der Waals surface area contributed by atoms with Crippen LogP contribution in [-0.2, 0) is 4.79 Å². The smallest absolute Gasteiger partial charge is 0.356 e. The lowest BCUT2D eigenvalue weighted by Gasteiger charge is -2.40. The summed E-state index contributed by atoms with van der Waals surface area (Å²) in [4.78, 5) is 48.7. The van der Waals surface area contributed by atoms with Gasteiger partial charge in [0.15, 0.2) is 11.5 Å². The van der Waals surface area contributed by atoms with Crippen molar-refractivity contribution in [2.45, 2.75) is 50.5 Å². The van der Waals surface area contributed by atoms with Crippen molar-refractivity contribution in [2.75, 3.05) is 36.9 Å². The second kappa shape index (κ2) is 12.5. The second-order valence-corrected chi connectivity index (χ2v) is 12.5. The zero-order valence-corrected chi connectivity index (χ0v) is 26.1. The Balaban J connectivity index is 1.68. The third-order valence-corrected chi connectivity index (χ3v) is 9.17. The standard InChI is InChI=1S/C32H33F2N7O3S/c1-5-24(42)39-11-12-40(19(4)16-39)29-20-15-22(34)27-25-21(33)9-8-10-23(25)45-14-7-6-13-44-31-28(26(18(2)3)35-17-36-31)41(30(20)37-27)32(43)38-29/h5,8-10,15,17-19H,1,6-7,11-14,16H2,2-4H3/t19-/m0/s1. The molecule has 1 aromatic carbocycles. The Hall–Kier alpha value is -4.39. The highest BCUT2D eigenvalue weighted by molar-refractivity contribution is 7.99. The van der Waals surface area contributed by atoms with Crippen molar-refractivity contribution in [1.29, 1.82) is 0 Å². The number of anilines is 1. The van der Waals surface area contributed by atoms with Gasteiger partial charge < -0.3 is 14.5 Å². The van der Waals surface area contributed by atoms with E-state index in [9.17, 15) is 9.59 Å². The molecule has 45 heavy (non-hydrogen) atoms. The summed E-state index contributed by atoms with van der Waals surface area (Å²) in [6.45, 7) is 10.7. The molecule has 0 unspecified atom stereocenters. The number of benzene rings is 1. The average Bonchev–Trinajstić information content (AvgIpc) is 3.02. The van der Waals surface area contributed by atoms with Gasteiger partial charge in [-0.25, -0.2) is 28.1 Å². The number of halogens is 2. The second-order valence-electron chi connectivity index (χ2n) is 11.4. The monoisotopic (exact) mass is 633 g/mol. The van der Waals surface area contributed by atoms with Crippen LogP contribution >= 0.6 is 11.8 Å². The first-order chi connectivity index (χ1) is 21.7. The molecule has 2 aliphatic heterocycles. The number of rotatable bonds is 3. The van der Waals surface area contributed by atoms with Crippen LogP contribution < -0.4 is 15.3 Å². The number of piperazine rings is 1. The maximum absolute atomic E-state index is 16.3. The molecule has 6 rings (SSSR count). The van der Waals surface area contributed by atoms with Gasteiger partial charge in [0.05, 0.1) is 23.3 Å². The highest BCUT2D eigenvalue weighted by Gasteiger charge is 2.32. The fourth-order valence-electron chi connectivity index (χ4n) is 5.83. The number of nitrogens with zero attached hydrogens (tertiary/aromatic N) is 7. The minimum Gasteiger partial charge on any atom is -0.476 e. The molecule has 234 valence electrons. The summed E-state index contributed by atoms with van der Waals surface area (Å²) in [5.41, 5.74) is -0.0328. The van der Waals surface area contributed by atoms with Gasteiger partial charge in [-0.3, -0.25) is 4.79 Å². The van der Waals surface area contributed by atoms with E-state index >= 15 is 8.78 Å². The fraction of sp³-hybridized carbons (Fsp3) is 0.375. The molecular weight excluding hydrogens is 600 g/mol. The number of amides is 1. The first-order valence-electron chi connectivity index (χ1n) is 14.9. The van der Waals surface area contributed by atoms with Crippen LogP contribution in [0.4, 0.5) is 14.6 Å². The third kappa shape index (κ3) is 5.65. The van der Waals surface area contributed by atoms with E-state index in [2.05, 4.69) is 21.5 Å². The van der Waals surface area contributed by atoms with Crippen LogP contribution in [0.2, 0.25) is 0 Å². The Morgan fingerprint density at radius 2 is 1.98 bits per heavy atom. The lowest BCUT2D eigenvalue weighted by atomic mass is 10.1. The molecule has 0 aliphatic carbocycles.